The summed E-state index contributed by atoms with van der Waals surface area (Å²) in [6, 6.07) is 4.15. The van der Waals surface area contributed by atoms with E-state index in [0.717, 1.165) is 16.8 Å². The van der Waals surface area contributed by atoms with Crippen molar-refractivity contribution in [3.8, 4) is 5.69 Å². The van der Waals surface area contributed by atoms with Gasteiger partial charge < -0.3 is 5.11 Å². The summed E-state index contributed by atoms with van der Waals surface area (Å²) < 4.78 is 38.6. The molecule has 0 amide bonds. The van der Waals surface area contributed by atoms with Gasteiger partial charge in [-0.2, -0.15) is 18.3 Å². The smallest absolute Gasteiger partial charge is 0.416 e. The van der Waals surface area contributed by atoms with Crippen molar-refractivity contribution in [1.82, 2.24) is 9.78 Å². The zero-order valence-electron chi connectivity index (χ0n) is 10.8. The molecule has 112 valence electrons. The third kappa shape index (κ3) is 2.87. The van der Waals surface area contributed by atoms with Gasteiger partial charge in [-0.05, 0) is 30.7 Å². The van der Waals surface area contributed by atoms with Gasteiger partial charge in [-0.3, -0.25) is 0 Å². The van der Waals surface area contributed by atoms with E-state index in [2.05, 4.69) is 5.10 Å². The van der Waals surface area contributed by atoms with Crippen molar-refractivity contribution in [2.45, 2.75) is 19.5 Å². The monoisotopic (exact) mass is 318 g/mol. The second-order valence-electron chi connectivity index (χ2n) is 4.23. The van der Waals surface area contributed by atoms with Gasteiger partial charge in [0.2, 0.25) is 0 Å². The Kier molecular flexibility index (Phi) is 3.95. The van der Waals surface area contributed by atoms with Gasteiger partial charge in [-0.15, -0.1) is 0 Å². The minimum atomic E-state index is -4.44. The lowest BCUT2D eigenvalue weighted by molar-refractivity contribution is -0.137. The van der Waals surface area contributed by atoms with Gasteiger partial charge in [0.15, 0.2) is 0 Å². The first-order valence-electron chi connectivity index (χ1n) is 5.94. The predicted molar refractivity (Wildman–Crippen MR) is 69.9 cm³/mol. The Morgan fingerprint density at radius 3 is 2.29 bits per heavy atom. The zero-order valence-corrected chi connectivity index (χ0v) is 11.5. The Labute approximate surface area is 122 Å². The molecule has 0 bridgehead atoms. The summed E-state index contributed by atoms with van der Waals surface area (Å²) in [6.07, 6.45) is -4.10. The van der Waals surface area contributed by atoms with Crippen molar-refractivity contribution < 1.29 is 23.1 Å². The van der Waals surface area contributed by atoms with Crippen molar-refractivity contribution >= 4 is 17.6 Å². The fourth-order valence-electron chi connectivity index (χ4n) is 1.86. The van der Waals surface area contributed by atoms with E-state index in [1.807, 2.05) is 0 Å². The van der Waals surface area contributed by atoms with Crippen LogP contribution in [0.2, 0.25) is 5.15 Å². The number of hydrogen-bond donors (Lipinski definition) is 1. The van der Waals surface area contributed by atoms with E-state index in [4.69, 9.17) is 16.7 Å². The molecule has 1 aromatic carbocycles. The number of aromatic carboxylic acids is 1. The molecule has 0 aliphatic carbocycles. The lowest BCUT2D eigenvalue weighted by atomic mass is 10.2. The maximum Gasteiger partial charge on any atom is 0.416 e. The van der Waals surface area contributed by atoms with Gasteiger partial charge >= 0.3 is 12.1 Å². The van der Waals surface area contributed by atoms with Crippen molar-refractivity contribution in [3.63, 3.8) is 0 Å². The molecular weight excluding hydrogens is 309 g/mol. The second-order valence-corrected chi connectivity index (χ2v) is 4.59. The molecule has 1 aromatic heterocycles. The number of carboxylic acid groups (broad SMARTS) is 1. The molecule has 4 nitrogen and oxygen atoms in total. The van der Waals surface area contributed by atoms with E-state index < -0.39 is 17.7 Å². The summed E-state index contributed by atoms with van der Waals surface area (Å²) in [7, 11) is 0. The second kappa shape index (κ2) is 5.40. The van der Waals surface area contributed by atoms with Crippen LogP contribution in [-0.2, 0) is 12.6 Å². The fourth-order valence-corrected chi connectivity index (χ4v) is 2.19. The molecule has 1 N–H and O–H groups in total. The average molecular weight is 319 g/mol. The highest BCUT2D eigenvalue weighted by Gasteiger charge is 2.30. The van der Waals surface area contributed by atoms with Crippen LogP contribution in [0.5, 0.6) is 0 Å². The largest absolute Gasteiger partial charge is 0.478 e. The number of carbonyl (C=O) groups is 1. The Bertz CT molecular complexity index is 678. The minimum Gasteiger partial charge on any atom is -0.478 e. The van der Waals surface area contributed by atoms with E-state index in [1.54, 1.807) is 6.92 Å². The maximum absolute atomic E-state index is 12.5. The molecule has 8 heteroatoms. The van der Waals surface area contributed by atoms with E-state index in [9.17, 15) is 18.0 Å². The van der Waals surface area contributed by atoms with Crippen LogP contribution in [0.4, 0.5) is 13.2 Å². The number of alkyl halides is 3. The Morgan fingerprint density at radius 2 is 1.90 bits per heavy atom. The van der Waals surface area contributed by atoms with Crippen LogP contribution in [0.15, 0.2) is 24.3 Å². The summed E-state index contributed by atoms with van der Waals surface area (Å²) >= 11 is 5.96. The summed E-state index contributed by atoms with van der Waals surface area (Å²) in [5.41, 5.74) is -0.412. The number of carboxylic acids is 1. The zero-order chi connectivity index (χ0) is 15.8. The minimum absolute atomic E-state index is 0.140. The Hall–Kier alpha value is -2.02. The standard InChI is InChI=1S/C13H10ClF3N2O2/c1-2-9-10(12(20)21)11(14)19(18-9)8-5-3-7(4-6-8)13(15,16)17/h3-6H,2H2,1H3,(H,20,21). The van der Waals surface area contributed by atoms with Gasteiger partial charge in [0, 0.05) is 0 Å². The van der Waals surface area contributed by atoms with Crippen molar-refractivity contribution in [3.05, 3.63) is 46.2 Å². The molecule has 0 saturated heterocycles. The van der Waals surface area contributed by atoms with E-state index in [0.29, 0.717) is 6.42 Å². The average Bonchev–Trinajstić information content (AvgIpc) is 2.75. The normalized spacial score (nSPS) is 11.7. The first kappa shape index (κ1) is 15.4. The molecule has 1 heterocycles. The number of benzene rings is 1. The van der Waals surface area contributed by atoms with Crippen molar-refractivity contribution in [1.29, 1.82) is 0 Å². The predicted octanol–water partition coefficient (Wildman–Crippen LogP) is 3.81. The lowest BCUT2D eigenvalue weighted by Crippen LogP contribution is -2.05. The molecule has 0 aliphatic heterocycles. The number of hydrogen-bond acceptors (Lipinski definition) is 2. The van der Waals surface area contributed by atoms with Gasteiger partial charge in [-0.1, -0.05) is 18.5 Å². The van der Waals surface area contributed by atoms with Crippen LogP contribution in [0.1, 0.15) is 28.5 Å². The molecule has 0 spiro atoms. The van der Waals surface area contributed by atoms with Gasteiger partial charge in [0.25, 0.3) is 0 Å². The highest BCUT2D eigenvalue weighted by molar-refractivity contribution is 6.32. The third-order valence-corrected chi connectivity index (χ3v) is 3.24. The molecule has 2 rings (SSSR count). The molecular formula is C13H10ClF3N2O2. The number of aryl methyl sites for hydroxylation is 1. The SMILES string of the molecule is CCc1nn(-c2ccc(C(F)(F)F)cc2)c(Cl)c1C(=O)O. The van der Waals surface area contributed by atoms with E-state index in [-0.39, 0.29) is 22.1 Å². The Morgan fingerprint density at radius 1 is 1.33 bits per heavy atom. The number of rotatable bonds is 3. The maximum atomic E-state index is 12.5. The quantitative estimate of drug-likeness (QED) is 0.936. The number of aromatic nitrogens is 2. The topological polar surface area (TPSA) is 55.1 Å². The highest BCUT2D eigenvalue weighted by Crippen LogP contribution is 2.30. The molecule has 21 heavy (non-hydrogen) atoms. The van der Waals surface area contributed by atoms with Gasteiger partial charge in [0.1, 0.15) is 10.7 Å². The first-order valence-corrected chi connectivity index (χ1v) is 6.31. The van der Waals surface area contributed by atoms with Crippen LogP contribution in [0.3, 0.4) is 0 Å². The van der Waals surface area contributed by atoms with Crippen LogP contribution in [0, 0.1) is 0 Å². The third-order valence-electron chi connectivity index (χ3n) is 2.89. The molecule has 2 aromatic rings. The van der Waals surface area contributed by atoms with E-state index >= 15 is 0 Å². The summed E-state index contributed by atoms with van der Waals surface area (Å²) in [6.45, 7) is 1.71. The molecule has 0 saturated carbocycles. The highest BCUT2D eigenvalue weighted by atomic mass is 35.5. The van der Waals surface area contributed by atoms with Crippen molar-refractivity contribution in [2.24, 2.45) is 0 Å². The van der Waals surface area contributed by atoms with E-state index in [1.165, 1.54) is 12.1 Å². The molecule has 0 aliphatic rings. The summed E-state index contributed by atoms with van der Waals surface area (Å²) in [4.78, 5) is 11.1. The lowest BCUT2D eigenvalue weighted by Gasteiger charge is -2.08. The Balaban J connectivity index is 2.50. The van der Waals surface area contributed by atoms with Crippen LogP contribution in [0.25, 0.3) is 5.69 Å². The first-order chi connectivity index (χ1) is 9.75. The van der Waals surface area contributed by atoms with Gasteiger partial charge in [0.05, 0.1) is 16.9 Å². The molecule has 0 atom stereocenters. The number of nitrogens with zero attached hydrogens (tertiary/aromatic N) is 2. The van der Waals surface area contributed by atoms with Gasteiger partial charge in [-0.25, -0.2) is 9.48 Å². The van der Waals surface area contributed by atoms with Crippen LogP contribution in [-0.4, -0.2) is 20.9 Å². The molecule has 0 fully saturated rings. The summed E-state index contributed by atoms with van der Waals surface area (Å²) in [5, 5.41) is 13.0. The van der Waals surface area contributed by atoms with Crippen molar-refractivity contribution in [2.75, 3.05) is 0 Å². The van der Waals surface area contributed by atoms with Crippen LogP contribution >= 0.6 is 11.6 Å². The molecule has 0 radical (unpaired) electrons. The summed E-state index contributed by atoms with van der Waals surface area (Å²) in [5.74, 6) is -1.23. The van der Waals surface area contributed by atoms with Crippen LogP contribution < -0.4 is 0 Å². The molecule has 0 unspecified atom stereocenters. The fraction of sp³-hybridized carbons (Fsp3) is 0.231. The number of halogens is 4.